The zero-order valence-electron chi connectivity index (χ0n) is 12.2. The van der Waals surface area contributed by atoms with Gasteiger partial charge in [-0.2, -0.15) is 13.2 Å². The molecule has 0 aliphatic carbocycles. The normalized spacial score (nSPS) is 22.0. The topological polar surface area (TPSA) is 57.6 Å². The van der Waals surface area contributed by atoms with Crippen molar-refractivity contribution in [3.8, 4) is 0 Å². The van der Waals surface area contributed by atoms with Gasteiger partial charge in [0.25, 0.3) is 5.91 Å². The summed E-state index contributed by atoms with van der Waals surface area (Å²) in [7, 11) is 0. The SMILES string of the molecule is CC1CCC(C(=O)O)CN1C(=O)c1cc(C(F)(F)F)ccc1F. The first-order chi connectivity index (χ1) is 10.6. The van der Waals surface area contributed by atoms with Gasteiger partial charge in [-0.05, 0) is 38.0 Å². The second-order valence-electron chi connectivity index (χ2n) is 5.61. The third-order valence-electron chi connectivity index (χ3n) is 4.02. The van der Waals surface area contributed by atoms with Gasteiger partial charge in [-0.1, -0.05) is 0 Å². The molecule has 1 saturated heterocycles. The second kappa shape index (κ2) is 6.17. The van der Waals surface area contributed by atoms with Crippen molar-refractivity contribution in [3.63, 3.8) is 0 Å². The molecule has 1 N–H and O–H groups in total. The summed E-state index contributed by atoms with van der Waals surface area (Å²) in [6, 6.07) is 1.26. The molecular formula is C15H15F4NO3. The molecule has 2 rings (SSSR count). The van der Waals surface area contributed by atoms with E-state index in [0.29, 0.717) is 31.0 Å². The Bertz CT molecular complexity index is 630. The maximum atomic E-state index is 13.8. The number of rotatable bonds is 2. The molecule has 0 radical (unpaired) electrons. The van der Waals surface area contributed by atoms with Gasteiger partial charge in [0.1, 0.15) is 5.82 Å². The average Bonchev–Trinajstić information content (AvgIpc) is 2.46. The number of halogens is 4. The van der Waals surface area contributed by atoms with Crippen LogP contribution in [0, 0.1) is 11.7 Å². The van der Waals surface area contributed by atoms with E-state index in [4.69, 9.17) is 5.11 Å². The van der Waals surface area contributed by atoms with Crippen molar-refractivity contribution >= 4 is 11.9 Å². The number of aliphatic carboxylic acids is 1. The fourth-order valence-electron chi connectivity index (χ4n) is 2.61. The number of likely N-dealkylation sites (tertiary alicyclic amines) is 1. The van der Waals surface area contributed by atoms with Gasteiger partial charge < -0.3 is 10.0 Å². The van der Waals surface area contributed by atoms with Gasteiger partial charge in [-0.25, -0.2) is 4.39 Å². The zero-order chi connectivity index (χ0) is 17.4. The van der Waals surface area contributed by atoms with E-state index in [2.05, 4.69) is 0 Å². The largest absolute Gasteiger partial charge is 0.481 e. The molecular weight excluding hydrogens is 318 g/mol. The number of hydrogen-bond acceptors (Lipinski definition) is 2. The molecule has 4 nitrogen and oxygen atoms in total. The van der Waals surface area contributed by atoms with Crippen LogP contribution >= 0.6 is 0 Å². The van der Waals surface area contributed by atoms with E-state index in [-0.39, 0.29) is 12.6 Å². The summed E-state index contributed by atoms with van der Waals surface area (Å²) in [5.41, 5.74) is -1.82. The van der Waals surface area contributed by atoms with E-state index in [9.17, 15) is 27.2 Å². The molecule has 0 spiro atoms. The smallest absolute Gasteiger partial charge is 0.416 e. The molecule has 1 aromatic rings. The molecule has 8 heteroatoms. The van der Waals surface area contributed by atoms with Crippen LogP contribution in [0.25, 0.3) is 0 Å². The van der Waals surface area contributed by atoms with Crippen LogP contribution in [0.4, 0.5) is 17.6 Å². The molecule has 2 unspecified atom stereocenters. The lowest BCUT2D eigenvalue weighted by Gasteiger charge is -2.36. The first-order valence-electron chi connectivity index (χ1n) is 7.01. The lowest BCUT2D eigenvalue weighted by atomic mass is 9.92. The Morgan fingerprint density at radius 2 is 1.91 bits per heavy atom. The van der Waals surface area contributed by atoms with Crippen molar-refractivity contribution in [3.05, 3.63) is 35.1 Å². The molecule has 0 aromatic heterocycles. The number of carboxylic acids is 1. The van der Waals surface area contributed by atoms with Crippen LogP contribution in [-0.4, -0.2) is 34.5 Å². The predicted octanol–water partition coefficient (Wildman–Crippen LogP) is 3.17. The van der Waals surface area contributed by atoms with Gasteiger partial charge in [0.2, 0.25) is 0 Å². The highest BCUT2D eigenvalue weighted by Gasteiger charge is 2.36. The van der Waals surface area contributed by atoms with E-state index in [1.807, 2.05) is 0 Å². The minimum atomic E-state index is -4.69. The summed E-state index contributed by atoms with van der Waals surface area (Å²) in [6.07, 6.45) is -3.94. The fourth-order valence-corrected chi connectivity index (χ4v) is 2.61. The molecule has 0 bridgehead atoms. The van der Waals surface area contributed by atoms with Crippen LogP contribution in [0.5, 0.6) is 0 Å². The fraction of sp³-hybridized carbons (Fsp3) is 0.467. The van der Waals surface area contributed by atoms with E-state index in [1.54, 1.807) is 6.92 Å². The monoisotopic (exact) mass is 333 g/mol. The first kappa shape index (κ1) is 17.2. The van der Waals surface area contributed by atoms with Crippen LogP contribution in [-0.2, 0) is 11.0 Å². The van der Waals surface area contributed by atoms with Crippen LogP contribution < -0.4 is 0 Å². The summed E-state index contributed by atoms with van der Waals surface area (Å²) in [5, 5.41) is 9.04. The Morgan fingerprint density at radius 3 is 2.48 bits per heavy atom. The number of benzene rings is 1. The number of alkyl halides is 3. The van der Waals surface area contributed by atoms with Gasteiger partial charge >= 0.3 is 12.1 Å². The lowest BCUT2D eigenvalue weighted by molar-refractivity contribution is -0.143. The highest BCUT2D eigenvalue weighted by atomic mass is 19.4. The van der Waals surface area contributed by atoms with Gasteiger partial charge in [-0.15, -0.1) is 0 Å². The van der Waals surface area contributed by atoms with Crippen LogP contribution in [0.15, 0.2) is 18.2 Å². The summed E-state index contributed by atoms with van der Waals surface area (Å²) < 4.78 is 52.0. The number of carbonyl (C=O) groups excluding carboxylic acids is 1. The Kier molecular flexibility index (Phi) is 4.63. The highest BCUT2D eigenvalue weighted by molar-refractivity contribution is 5.95. The van der Waals surface area contributed by atoms with E-state index >= 15 is 0 Å². The maximum absolute atomic E-state index is 13.8. The second-order valence-corrected chi connectivity index (χ2v) is 5.61. The summed E-state index contributed by atoms with van der Waals surface area (Å²) >= 11 is 0. The summed E-state index contributed by atoms with van der Waals surface area (Å²) in [4.78, 5) is 24.6. The van der Waals surface area contributed by atoms with Crippen LogP contribution in [0.3, 0.4) is 0 Å². The molecule has 23 heavy (non-hydrogen) atoms. The molecule has 1 aromatic carbocycles. The minimum Gasteiger partial charge on any atom is -0.481 e. The van der Waals surface area contributed by atoms with Crippen molar-refractivity contribution in [1.29, 1.82) is 0 Å². The van der Waals surface area contributed by atoms with E-state index in [0.717, 1.165) is 4.90 Å². The molecule has 1 heterocycles. The van der Waals surface area contributed by atoms with Crippen molar-refractivity contribution in [2.45, 2.75) is 32.0 Å². The summed E-state index contributed by atoms with van der Waals surface area (Å²) in [6.45, 7) is 1.51. The van der Waals surface area contributed by atoms with E-state index in [1.165, 1.54) is 0 Å². The molecule has 1 amide bonds. The number of carboxylic acid groups (broad SMARTS) is 1. The Hall–Kier alpha value is -2.12. The Labute approximate surface area is 129 Å². The number of hydrogen-bond donors (Lipinski definition) is 1. The average molecular weight is 333 g/mol. The van der Waals surface area contributed by atoms with Crippen molar-refractivity contribution in [1.82, 2.24) is 4.90 Å². The van der Waals surface area contributed by atoms with E-state index < -0.39 is 40.9 Å². The molecule has 1 aliphatic rings. The Morgan fingerprint density at radius 1 is 1.26 bits per heavy atom. The highest BCUT2D eigenvalue weighted by Crippen LogP contribution is 2.31. The number of carbonyl (C=O) groups is 2. The third kappa shape index (κ3) is 3.62. The quantitative estimate of drug-likeness (QED) is 0.846. The molecule has 0 saturated carbocycles. The van der Waals surface area contributed by atoms with Crippen molar-refractivity contribution in [2.24, 2.45) is 5.92 Å². The van der Waals surface area contributed by atoms with Gasteiger partial charge in [0.05, 0.1) is 17.0 Å². The predicted molar refractivity (Wildman–Crippen MR) is 72.3 cm³/mol. The van der Waals surface area contributed by atoms with Gasteiger partial charge in [-0.3, -0.25) is 9.59 Å². The summed E-state index contributed by atoms with van der Waals surface area (Å²) in [5.74, 6) is -3.87. The standard InChI is InChI=1S/C15H15F4NO3/c1-8-2-3-9(14(22)23)7-20(8)13(21)11-6-10(15(17,18)19)4-5-12(11)16/h4-6,8-9H,2-3,7H2,1H3,(H,22,23). The molecule has 1 aliphatic heterocycles. The lowest BCUT2D eigenvalue weighted by Crippen LogP contribution is -2.47. The van der Waals surface area contributed by atoms with Crippen molar-refractivity contribution < 1.29 is 32.3 Å². The molecule has 126 valence electrons. The minimum absolute atomic E-state index is 0.148. The first-order valence-corrected chi connectivity index (χ1v) is 7.01. The van der Waals surface area contributed by atoms with Gasteiger partial charge in [0.15, 0.2) is 0 Å². The third-order valence-corrected chi connectivity index (χ3v) is 4.02. The number of amides is 1. The van der Waals surface area contributed by atoms with Gasteiger partial charge in [0, 0.05) is 12.6 Å². The maximum Gasteiger partial charge on any atom is 0.416 e. The van der Waals surface area contributed by atoms with Crippen LogP contribution in [0.1, 0.15) is 35.7 Å². The number of nitrogens with zero attached hydrogens (tertiary/aromatic N) is 1. The zero-order valence-corrected chi connectivity index (χ0v) is 12.2. The van der Waals surface area contributed by atoms with Crippen LogP contribution in [0.2, 0.25) is 0 Å². The van der Waals surface area contributed by atoms with Crippen molar-refractivity contribution in [2.75, 3.05) is 6.54 Å². The molecule has 1 fully saturated rings. The molecule has 2 atom stereocenters. The number of piperidine rings is 1. The Balaban J connectivity index is 2.33.